The predicted octanol–water partition coefficient (Wildman–Crippen LogP) is 1.34. The molecule has 0 saturated heterocycles. The Labute approximate surface area is 88.1 Å². The number of aromatic nitrogens is 1. The lowest BCUT2D eigenvalue weighted by Crippen LogP contribution is -2.42. The van der Waals surface area contributed by atoms with Gasteiger partial charge < -0.3 is 20.3 Å². The first-order valence-corrected chi connectivity index (χ1v) is 4.86. The van der Waals surface area contributed by atoms with Crippen LogP contribution >= 0.6 is 0 Å². The Bertz CT molecular complexity index is 421. The van der Waals surface area contributed by atoms with Crippen LogP contribution in [0.5, 0.6) is 0 Å². The van der Waals surface area contributed by atoms with E-state index in [1.807, 2.05) is 0 Å². The van der Waals surface area contributed by atoms with Crippen molar-refractivity contribution in [3.63, 3.8) is 0 Å². The Morgan fingerprint density at radius 2 is 2.27 bits per heavy atom. The van der Waals surface area contributed by atoms with Crippen molar-refractivity contribution in [2.24, 2.45) is 7.05 Å². The molecule has 0 saturated carbocycles. The number of carboxylic acids is 1. The second-order valence-electron chi connectivity index (χ2n) is 4.52. The number of anilines is 2. The molecule has 0 spiro atoms. The molecule has 5 heteroatoms. The molecule has 0 atom stereocenters. The van der Waals surface area contributed by atoms with Gasteiger partial charge in [-0.05, 0) is 19.9 Å². The summed E-state index contributed by atoms with van der Waals surface area (Å²) in [5, 5.41) is 15.5. The second kappa shape index (κ2) is 2.92. The summed E-state index contributed by atoms with van der Waals surface area (Å²) < 4.78 is 1.65. The van der Waals surface area contributed by atoms with Crippen molar-refractivity contribution < 1.29 is 9.90 Å². The molecular formula is C10H15N3O2. The van der Waals surface area contributed by atoms with Gasteiger partial charge >= 0.3 is 5.97 Å². The van der Waals surface area contributed by atoms with E-state index in [-0.39, 0.29) is 11.2 Å². The molecule has 1 aliphatic heterocycles. The molecule has 1 aromatic heterocycles. The topological polar surface area (TPSA) is 66.3 Å². The van der Waals surface area contributed by atoms with Gasteiger partial charge in [-0.15, -0.1) is 0 Å². The van der Waals surface area contributed by atoms with E-state index in [1.54, 1.807) is 17.7 Å². The first kappa shape index (κ1) is 9.89. The molecule has 15 heavy (non-hydrogen) atoms. The minimum absolute atomic E-state index is 0.0515. The summed E-state index contributed by atoms with van der Waals surface area (Å²) in [5.41, 5.74) is 1.09. The van der Waals surface area contributed by atoms with E-state index in [0.717, 1.165) is 18.1 Å². The first-order chi connectivity index (χ1) is 6.91. The maximum atomic E-state index is 10.9. The molecule has 0 fully saturated rings. The number of hydrogen-bond donors (Lipinski definition) is 3. The lowest BCUT2D eigenvalue weighted by Gasteiger charge is -2.33. The monoisotopic (exact) mass is 209 g/mol. The molecule has 1 aromatic rings. The van der Waals surface area contributed by atoms with Crippen LogP contribution in [0.25, 0.3) is 0 Å². The van der Waals surface area contributed by atoms with Crippen molar-refractivity contribution in [1.29, 1.82) is 0 Å². The molecule has 82 valence electrons. The quantitative estimate of drug-likeness (QED) is 0.653. The molecule has 0 bridgehead atoms. The van der Waals surface area contributed by atoms with Crippen molar-refractivity contribution in [1.82, 2.24) is 4.57 Å². The van der Waals surface area contributed by atoms with E-state index < -0.39 is 5.97 Å². The van der Waals surface area contributed by atoms with E-state index in [4.69, 9.17) is 5.11 Å². The number of fused-ring (bicyclic) bond motifs is 1. The molecule has 2 rings (SSSR count). The molecule has 1 aliphatic rings. The average molecular weight is 209 g/mol. The summed E-state index contributed by atoms with van der Waals surface area (Å²) in [6.07, 6.45) is 0. The molecule has 0 aliphatic carbocycles. The minimum atomic E-state index is -0.909. The lowest BCUT2D eigenvalue weighted by molar-refractivity contribution is 0.0687. The Morgan fingerprint density at radius 3 is 2.87 bits per heavy atom. The summed E-state index contributed by atoms with van der Waals surface area (Å²) in [5.74, 6) is -0.0694. The summed E-state index contributed by atoms with van der Waals surface area (Å²) in [7, 11) is 1.75. The normalized spacial score (nSPS) is 17.5. The van der Waals surface area contributed by atoms with Crippen LogP contribution in [0.4, 0.5) is 11.5 Å². The Morgan fingerprint density at radius 1 is 1.60 bits per heavy atom. The fraction of sp³-hybridized carbons (Fsp3) is 0.500. The number of hydrogen-bond acceptors (Lipinski definition) is 3. The third kappa shape index (κ3) is 1.54. The van der Waals surface area contributed by atoms with E-state index in [2.05, 4.69) is 24.5 Å². The molecule has 0 aromatic carbocycles. The fourth-order valence-electron chi connectivity index (χ4n) is 1.83. The van der Waals surface area contributed by atoms with Crippen molar-refractivity contribution >= 4 is 17.5 Å². The van der Waals surface area contributed by atoms with Gasteiger partial charge in [-0.2, -0.15) is 0 Å². The molecule has 0 radical (unpaired) electrons. The number of carbonyl (C=O) groups is 1. The molecule has 3 N–H and O–H groups in total. The van der Waals surface area contributed by atoms with Gasteiger partial charge in [0.05, 0.1) is 5.69 Å². The zero-order valence-corrected chi connectivity index (χ0v) is 9.09. The van der Waals surface area contributed by atoms with E-state index in [1.165, 1.54) is 0 Å². The largest absolute Gasteiger partial charge is 0.477 e. The molecule has 5 nitrogen and oxygen atoms in total. The van der Waals surface area contributed by atoms with Gasteiger partial charge in [-0.1, -0.05) is 0 Å². The van der Waals surface area contributed by atoms with Crippen molar-refractivity contribution in [2.75, 3.05) is 17.2 Å². The Kier molecular flexibility index (Phi) is 1.92. The van der Waals surface area contributed by atoms with Crippen molar-refractivity contribution in [3.8, 4) is 0 Å². The van der Waals surface area contributed by atoms with Gasteiger partial charge in [-0.25, -0.2) is 4.79 Å². The summed E-state index contributed by atoms with van der Waals surface area (Å²) in [6.45, 7) is 4.91. The Balaban J connectivity index is 2.46. The average Bonchev–Trinajstić information content (AvgIpc) is 2.41. The van der Waals surface area contributed by atoms with Crippen LogP contribution in [0.15, 0.2) is 6.07 Å². The lowest BCUT2D eigenvalue weighted by atomic mass is 10.0. The predicted molar refractivity (Wildman–Crippen MR) is 58.6 cm³/mol. The van der Waals surface area contributed by atoms with Gasteiger partial charge in [0.2, 0.25) is 0 Å². The standard InChI is InChI=1S/C10H15N3O2/c1-10(2)5-11-8-6(12-10)4-7(9(14)15)13(8)3/h4,11-12H,5H2,1-3H3,(H,14,15). The number of rotatable bonds is 1. The third-order valence-corrected chi connectivity index (χ3v) is 2.62. The Hall–Kier alpha value is -1.65. The second-order valence-corrected chi connectivity index (χ2v) is 4.52. The summed E-state index contributed by atoms with van der Waals surface area (Å²) in [4.78, 5) is 10.9. The van der Waals surface area contributed by atoms with Crippen LogP contribution < -0.4 is 10.6 Å². The van der Waals surface area contributed by atoms with E-state index >= 15 is 0 Å². The third-order valence-electron chi connectivity index (χ3n) is 2.62. The highest BCUT2D eigenvalue weighted by Gasteiger charge is 2.28. The van der Waals surface area contributed by atoms with Crippen LogP contribution in [0.2, 0.25) is 0 Å². The number of nitrogens with zero attached hydrogens (tertiary/aromatic N) is 1. The molecule has 2 heterocycles. The summed E-state index contributed by atoms with van der Waals surface area (Å²) >= 11 is 0. The van der Waals surface area contributed by atoms with Gasteiger partial charge in [0.15, 0.2) is 0 Å². The molecular weight excluding hydrogens is 194 g/mol. The SMILES string of the molecule is Cn1c(C(=O)O)cc2c1NCC(C)(C)N2. The van der Waals surface area contributed by atoms with Gasteiger partial charge in [-0.3, -0.25) is 0 Å². The maximum absolute atomic E-state index is 10.9. The highest BCUT2D eigenvalue weighted by molar-refractivity contribution is 5.91. The molecule has 0 unspecified atom stereocenters. The van der Waals surface area contributed by atoms with Crippen molar-refractivity contribution in [3.05, 3.63) is 11.8 Å². The van der Waals surface area contributed by atoms with Crippen LogP contribution in [0.1, 0.15) is 24.3 Å². The fourth-order valence-corrected chi connectivity index (χ4v) is 1.83. The first-order valence-electron chi connectivity index (χ1n) is 4.86. The van der Waals surface area contributed by atoms with Gasteiger partial charge in [0.1, 0.15) is 11.5 Å². The minimum Gasteiger partial charge on any atom is -0.477 e. The van der Waals surface area contributed by atoms with E-state index in [0.29, 0.717) is 0 Å². The van der Waals surface area contributed by atoms with E-state index in [9.17, 15) is 4.79 Å². The van der Waals surface area contributed by atoms with Crippen LogP contribution in [-0.4, -0.2) is 27.7 Å². The molecule has 0 amide bonds. The maximum Gasteiger partial charge on any atom is 0.352 e. The number of nitrogens with one attached hydrogen (secondary N) is 2. The van der Waals surface area contributed by atoms with Crippen LogP contribution in [0, 0.1) is 0 Å². The van der Waals surface area contributed by atoms with Crippen molar-refractivity contribution in [2.45, 2.75) is 19.4 Å². The smallest absolute Gasteiger partial charge is 0.352 e. The highest BCUT2D eigenvalue weighted by Crippen LogP contribution is 2.32. The van der Waals surface area contributed by atoms with Crippen LogP contribution in [-0.2, 0) is 7.05 Å². The zero-order chi connectivity index (χ0) is 11.2. The van der Waals surface area contributed by atoms with Gasteiger partial charge in [0.25, 0.3) is 0 Å². The van der Waals surface area contributed by atoms with Gasteiger partial charge in [0, 0.05) is 19.1 Å². The number of aromatic carboxylic acids is 1. The summed E-state index contributed by atoms with van der Waals surface area (Å²) in [6, 6.07) is 1.66. The zero-order valence-electron chi connectivity index (χ0n) is 9.09. The number of carboxylic acid groups (broad SMARTS) is 1. The highest BCUT2D eigenvalue weighted by atomic mass is 16.4. The van der Waals surface area contributed by atoms with Crippen LogP contribution in [0.3, 0.4) is 0 Å².